The average Bonchev–Trinajstić information content (AvgIpc) is 3.13. The van der Waals surface area contributed by atoms with Crippen LogP contribution in [0.2, 0.25) is 0 Å². The molecule has 1 aromatic carbocycles. The third-order valence-corrected chi connectivity index (χ3v) is 3.71. The fraction of sp³-hybridized carbons (Fsp3) is 0.467. The summed E-state index contributed by atoms with van der Waals surface area (Å²) in [5.41, 5.74) is 7.19. The summed E-state index contributed by atoms with van der Waals surface area (Å²) in [4.78, 5) is 2.46. The van der Waals surface area contributed by atoms with Gasteiger partial charge in [0, 0.05) is 18.0 Å². The highest BCUT2D eigenvalue weighted by atomic mass is 16.3. The van der Waals surface area contributed by atoms with Crippen molar-refractivity contribution in [2.75, 3.05) is 13.1 Å². The average molecular weight is 244 g/mol. The molecule has 1 aromatic heterocycles. The molecular weight excluding hydrogens is 224 g/mol. The van der Waals surface area contributed by atoms with Crippen molar-refractivity contribution in [2.24, 2.45) is 5.73 Å². The second-order valence-corrected chi connectivity index (χ2v) is 5.11. The molecule has 2 N–H and O–H groups in total. The molecule has 0 saturated heterocycles. The fourth-order valence-electron chi connectivity index (χ4n) is 2.50. The number of nitrogens with two attached hydrogens (primary N) is 1. The van der Waals surface area contributed by atoms with Crippen molar-refractivity contribution in [3.63, 3.8) is 0 Å². The first-order valence-electron chi connectivity index (χ1n) is 6.76. The summed E-state index contributed by atoms with van der Waals surface area (Å²) in [5, 5.41) is 1.14. The summed E-state index contributed by atoms with van der Waals surface area (Å²) in [7, 11) is 0. The third-order valence-electron chi connectivity index (χ3n) is 3.71. The monoisotopic (exact) mass is 244 g/mol. The normalized spacial score (nSPS) is 17.5. The smallest absolute Gasteiger partial charge is 0.134 e. The summed E-state index contributed by atoms with van der Waals surface area (Å²) < 4.78 is 5.82. The zero-order chi connectivity index (χ0) is 12.5. The number of likely N-dealkylation sites (N-methyl/N-ethyl adjacent to an activating group) is 1. The molecule has 2 aromatic rings. The van der Waals surface area contributed by atoms with E-state index in [1.807, 2.05) is 18.2 Å². The molecule has 1 atom stereocenters. The number of para-hydroxylation sites is 1. The van der Waals surface area contributed by atoms with Crippen LogP contribution < -0.4 is 5.73 Å². The van der Waals surface area contributed by atoms with Crippen molar-refractivity contribution in [3.8, 4) is 0 Å². The van der Waals surface area contributed by atoms with Gasteiger partial charge in [-0.25, -0.2) is 0 Å². The zero-order valence-electron chi connectivity index (χ0n) is 10.8. The van der Waals surface area contributed by atoms with E-state index >= 15 is 0 Å². The lowest BCUT2D eigenvalue weighted by Gasteiger charge is -2.22. The molecule has 0 bridgehead atoms. The molecular formula is C15H20N2O. The topological polar surface area (TPSA) is 42.4 Å². The molecule has 96 valence electrons. The number of nitrogens with zero attached hydrogens (tertiary/aromatic N) is 1. The van der Waals surface area contributed by atoms with Gasteiger partial charge in [-0.15, -0.1) is 0 Å². The van der Waals surface area contributed by atoms with Gasteiger partial charge in [0.2, 0.25) is 0 Å². The molecule has 0 spiro atoms. The quantitative estimate of drug-likeness (QED) is 0.879. The summed E-state index contributed by atoms with van der Waals surface area (Å²) in [6.45, 7) is 4.16. The number of furan rings is 1. The Morgan fingerprint density at radius 1 is 1.39 bits per heavy atom. The van der Waals surface area contributed by atoms with Crippen LogP contribution in [0.25, 0.3) is 11.0 Å². The third kappa shape index (κ3) is 2.28. The molecule has 1 saturated carbocycles. The Morgan fingerprint density at radius 3 is 2.83 bits per heavy atom. The highest BCUT2D eigenvalue weighted by Gasteiger charge is 2.29. The first-order chi connectivity index (χ1) is 8.78. The van der Waals surface area contributed by atoms with E-state index in [9.17, 15) is 0 Å². The Bertz CT molecular complexity index is 497. The lowest BCUT2D eigenvalue weighted by molar-refractivity contribution is 0.251. The van der Waals surface area contributed by atoms with Crippen LogP contribution in [0.1, 0.15) is 31.6 Å². The Morgan fingerprint density at radius 2 is 2.17 bits per heavy atom. The zero-order valence-corrected chi connectivity index (χ0v) is 10.8. The van der Waals surface area contributed by atoms with Crippen molar-refractivity contribution in [1.29, 1.82) is 0 Å². The van der Waals surface area contributed by atoms with Crippen LogP contribution in [-0.2, 0) is 0 Å². The molecule has 1 fully saturated rings. The molecule has 1 heterocycles. The predicted molar refractivity (Wildman–Crippen MR) is 73.4 cm³/mol. The SMILES string of the molecule is CCN(CC(N)c1cc2ccccc2o1)C1CC1. The van der Waals surface area contributed by atoms with Crippen molar-refractivity contribution >= 4 is 11.0 Å². The maximum absolute atomic E-state index is 6.27. The Kier molecular flexibility index (Phi) is 3.10. The van der Waals surface area contributed by atoms with Crippen molar-refractivity contribution in [1.82, 2.24) is 4.90 Å². The van der Waals surface area contributed by atoms with Gasteiger partial charge in [-0.1, -0.05) is 25.1 Å². The van der Waals surface area contributed by atoms with Crippen LogP contribution in [0.4, 0.5) is 0 Å². The van der Waals surface area contributed by atoms with E-state index in [1.54, 1.807) is 0 Å². The van der Waals surface area contributed by atoms with Gasteiger partial charge < -0.3 is 10.2 Å². The van der Waals surface area contributed by atoms with Gasteiger partial charge in [0.15, 0.2) is 0 Å². The molecule has 0 radical (unpaired) electrons. The minimum Gasteiger partial charge on any atom is -0.459 e. The van der Waals surface area contributed by atoms with Gasteiger partial charge in [0.1, 0.15) is 11.3 Å². The van der Waals surface area contributed by atoms with Crippen LogP contribution in [0.3, 0.4) is 0 Å². The van der Waals surface area contributed by atoms with E-state index in [-0.39, 0.29) is 6.04 Å². The summed E-state index contributed by atoms with van der Waals surface area (Å²) in [6.07, 6.45) is 2.64. The Hall–Kier alpha value is -1.32. The first kappa shape index (κ1) is 11.8. The first-order valence-corrected chi connectivity index (χ1v) is 6.76. The molecule has 1 aliphatic rings. The largest absolute Gasteiger partial charge is 0.459 e. The number of hydrogen-bond acceptors (Lipinski definition) is 3. The minimum absolute atomic E-state index is 0.0297. The highest BCUT2D eigenvalue weighted by Crippen LogP contribution is 2.29. The predicted octanol–water partition coefficient (Wildman–Crippen LogP) is 2.92. The van der Waals surface area contributed by atoms with E-state index in [1.165, 1.54) is 12.8 Å². The molecule has 1 aliphatic carbocycles. The van der Waals surface area contributed by atoms with Crippen LogP contribution in [0.15, 0.2) is 34.7 Å². The molecule has 3 nitrogen and oxygen atoms in total. The van der Waals surface area contributed by atoms with Crippen LogP contribution in [0, 0.1) is 0 Å². The summed E-state index contributed by atoms with van der Waals surface area (Å²) in [6, 6.07) is 10.9. The standard InChI is InChI=1S/C15H20N2O/c1-2-17(12-7-8-12)10-13(16)15-9-11-5-3-4-6-14(11)18-15/h3-6,9,12-13H,2,7-8,10,16H2,1H3. The maximum Gasteiger partial charge on any atom is 0.134 e. The Balaban J connectivity index is 1.76. The number of rotatable bonds is 5. The lowest BCUT2D eigenvalue weighted by Crippen LogP contribution is -2.33. The van der Waals surface area contributed by atoms with Crippen LogP contribution >= 0.6 is 0 Å². The van der Waals surface area contributed by atoms with Crippen LogP contribution in [-0.4, -0.2) is 24.0 Å². The van der Waals surface area contributed by atoms with Gasteiger partial charge in [-0.3, -0.25) is 4.90 Å². The van der Waals surface area contributed by atoms with E-state index in [0.29, 0.717) is 0 Å². The second kappa shape index (κ2) is 4.75. The van der Waals surface area contributed by atoms with Gasteiger partial charge in [0.05, 0.1) is 6.04 Å². The second-order valence-electron chi connectivity index (χ2n) is 5.11. The van der Waals surface area contributed by atoms with Crippen LogP contribution in [0.5, 0.6) is 0 Å². The Labute approximate surface area is 108 Å². The van der Waals surface area contributed by atoms with E-state index < -0.39 is 0 Å². The fourth-order valence-corrected chi connectivity index (χ4v) is 2.50. The molecule has 0 aliphatic heterocycles. The molecule has 1 unspecified atom stereocenters. The lowest BCUT2D eigenvalue weighted by atomic mass is 10.2. The van der Waals surface area contributed by atoms with Crippen molar-refractivity contribution in [3.05, 3.63) is 36.1 Å². The van der Waals surface area contributed by atoms with Gasteiger partial charge in [0.25, 0.3) is 0 Å². The number of fused-ring (bicyclic) bond motifs is 1. The summed E-state index contributed by atoms with van der Waals surface area (Å²) in [5.74, 6) is 0.898. The summed E-state index contributed by atoms with van der Waals surface area (Å²) >= 11 is 0. The number of hydrogen-bond donors (Lipinski definition) is 1. The molecule has 3 rings (SSSR count). The highest BCUT2D eigenvalue weighted by molar-refractivity contribution is 5.77. The maximum atomic E-state index is 6.27. The van der Waals surface area contributed by atoms with E-state index in [2.05, 4.69) is 24.0 Å². The van der Waals surface area contributed by atoms with Crippen molar-refractivity contribution in [2.45, 2.75) is 31.8 Å². The minimum atomic E-state index is -0.0297. The van der Waals surface area contributed by atoms with E-state index in [0.717, 1.165) is 35.9 Å². The molecule has 18 heavy (non-hydrogen) atoms. The van der Waals surface area contributed by atoms with E-state index in [4.69, 9.17) is 10.2 Å². The molecule has 3 heteroatoms. The molecule has 0 amide bonds. The van der Waals surface area contributed by atoms with Gasteiger partial charge in [-0.2, -0.15) is 0 Å². The van der Waals surface area contributed by atoms with Crippen molar-refractivity contribution < 1.29 is 4.42 Å². The van der Waals surface area contributed by atoms with Gasteiger partial charge in [-0.05, 0) is 31.5 Å². The number of benzene rings is 1. The van der Waals surface area contributed by atoms with Gasteiger partial charge >= 0.3 is 0 Å².